The van der Waals surface area contributed by atoms with Gasteiger partial charge in [-0.2, -0.15) is 5.26 Å². The zero-order valence-electron chi connectivity index (χ0n) is 15.0. The van der Waals surface area contributed by atoms with Crippen molar-refractivity contribution in [3.63, 3.8) is 0 Å². The molecule has 134 valence electrons. The molecule has 2 aromatic carbocycles. The van der Waals surface area contributed by atoms with Crippen molar-refractivity contribution < 1.29 is 9.53 Å². The molecular formula is C21H23N3O2. The number of benzene rings is 2. The van der Waals surface area contributed by atoms with Crippen molar-refractivity contribution in [2.75, 3.05) is 26.2 Å². The van der Waals surface area contributed by atoms with Gasteiger partial charge in [-0.1, -0.05) is 42.5 Å². The summed E-state index contributed by atoms with van der Waals surface area (Å²) in [7, 11) is 0. The lowest BCUT2D eigenvalue weighted by atomic mass is 10.2. The van der Waals surface area contributed by atoms with Crippen LogP contribution in [0.25, 0.3) is 0 Å². The third-order valence-electron chi connectivity index (χ3n) is 4.59. The first-order valence-electron chi connectivity index (χ1n) is 8.88. The van der Waals surface area contributed by atoms with Crippen LogP contribution in [0.5, 0.6) is 5.75 Å². The smallest absolute Gasteiger partial charge is 0.263 e. The Balaban J connectivity index is 1.52. The van der Waals surface area contributed by atoms with E-state index in [4.69, 9.17) is 10.00 Å². The standard InChI is InChI=1S/C21H23N3O2/c1-17(26-20-10-6-5-9-19(20)15-22)21(25)24-13-11-23(12-14-24)16-18-7-3-2-4-8-18/h2-10,17H,11-14,16H2,1H3/t17-/m0/s1. The molecule has 26 heavy (non-hydrogen) atoms. The van der Waals surface area contributed by atoms with Crippen LogP contribution < -0.4 is 4.74 Å². The topological polar surface area (TPSA) is 56.6 Å². The van der Waals surface area contributed by atoms with E-state index < -0.39 is 6.10 Å². The molecule has 0 N–H and O–H groups in total. The van der Waals surface area contributed by atoms with E-state index in [0.717, 1.165) is 19.6 Å². The average Bonchev–Trinajstić information content (AvgIpc) is 2.69. The number of hydrogen-bond donors (Lipinski definition) is 0. The molecule has 5 nitrogen and oxygen atoms in total. The highest BCUT2D eigenvalue weighted by molar-refractivity contribution is 5.81. The molecule has 5 heteroatoms. The van der Waals surface area contributed by atoms with Crippen LogP contribution in [0, 0.1) is 11.3 Å². The number of ether oxygens (including phenoxy) is 1. The van der Waals surface area contributed by atoms with Crippen LogP contribution in [0.4, 0.5) is 0 Å². The molecular weight excluding hydrogens is 326 g/mol. The van der Waals surface area contributed by atoms with Gasteiger partial charge in [0, 0.05) is 32.7 Å². The van der Waals surface area contributed by atoms with Crippen LogP contribution in [-0.4, -0.2) is 48.0 Å². The molecule has 1 aliphatic heterocycles. The number of carbonyl (C=O) groups excluding carboxylic acids is 1. The minimum Gasteiger partial charge on any atom is -0.480 e. The SMILES string of the molecule is C[C@H](Oc1ccccc1C#N)C(=O)N1CCN(Cc2ccccc2)CC1. The number of rotatable bonds is 5. The van der Waals surface area contributed by atoms with Crippen LogP contribution in [0.1, 0.15) is 18.1 Å². The second-order valence-electron chi connectivity index (χ2n) is 6.46. The van der Waals surface area contributed by atoms with Crippen LogP contribution in [0.2, 0.25) is 0 Å². The summed E-state index contributed by atoms with van der Waals surface area (Å²) >= 11 is 0. The molecule has 1 amide bonds. The van der Waals surface area contributed by atoms with Gasteiger partial charge < -0.3 is 9.64 Å². The molecule has 1 saturated heterocycles. The average molecular weight is 349 g/mol. The summed E-state index contributed by atoms with van der Waals surface area (Å²) in [6.45, 7) is 5.74. The Morgan fingerprint density at radius 2 is 1.73 bits per heavy atom. The van der Waals surface area contributed by atoms with Gasteiger partial charge >= 0.3 is 0 Å². The van der Waals surface area contributed by atoms with Gasteiger partial charge in [-0.25, -0.2) is 0 Å². The Kier molecular flexibility index (Phi) is 5.88. The van der Waals surface area contributed by atoms with Gasteiger partial charge in [-0.3, -0.25) is 9.69 Å². The van der Waals surface area contributed by atoms with E-state index in [1.54, 1.807) is 31.2 Å². The zero-order chi connectivity index (χ0) is 18.4. The van der Waals surface area contributed by atoms with E-state index >= 15 is 0 Å². The second kappa shape index (κ2) is 8.50. The van der Waals surface area contributed by atoms with Crippen LogP contribution >= 0.6 is 0 Å². The van der Waals surface area contributed by atoms with Crippen molar-refractivity contribution in [1.82, 2.24) is 9.80 Å². The van der Waals surface area contributed by atoms with Gasteiger partial charge in [0.2, 0.25) is 0 Å². The molecule has 0 bridgehead atoms. The number of para-hydroxylation sites is 1. The second-order valence-corrected chi connectivity index (χ2v) is 6.46. The number of hydrogen-bond acceptors (Lipinski definition) is 4. The third-order valence-corrected chi connectivity index (χ3v) is 4.59. The first kappa shape index (κ1) is 18.0. The lowest BCUT2D eigenvalue weighted by Gasteiger charge is -2.35. The summed E-state index contributed by atoms with van der Waals surface area (Å²) in [6, 6.07) is 19.5. The van der Waals surface area contributed by atoms with Gasteiger partial charge in [0.25, 0.3) is 5.91 Å². The third kappa shape index (κ3) is 4.41. The molecule has 0 aromatic heterocycles. The Morgan fingerprint density at radius 1 is 1.08 bits per heavy atom. The van der Waals surface area contributed by atoms with Gasteiger partial charge in [-0.05, 0) is 24.6 Å². The van der Waals surface area contributed by atoms with Gasteiger partial charge in [-0.15, -0.1) is 0 Å². The molecule has 0 unspecified atom stereocenters. The largest absolute Gasteiger partial charge is 0.480 e. The molecule has 0 aliphatic carbocycles. The molecule has 2 aromatic rings. The van der Waals surface area contributed by atoms with Crippen LogP contribution in [-0.2, 0) is 11.3 Å². The predicted molar refractivity (Wildman–Crippen MR) is 99.5 cm³/mol. The van der Waals surface area contributed by atoms with E-state index in [2.05, 4.69) is 23.1 Å². The first-order valence-corrected chi connectivity index (χ1v) is 8.88. The lowest BCUT2D eigenvalue weighted by Crippen LogP contribution is -2.51. The van der Waals surface area contributed by atoms with Crippen LogP contribution in [0.15, 0.2) is 54.6 Å². The van der Waals surface area contributed by atoms with Crippen molar-refractivity contribution in [3.05, 3.63) is 65.7 Å². The Labute approximate surface area is 154 Å². The van der Waals surface area contributed by atoms with Gasteiger partial charge in [0.05, 0.1) is 5.56 Å². The minimum atomic E-state index is -0.606. The predicted octanol–water partition coefficient (Wildman–Crippen LogP) is 2.67. The van der Waals surface area contributed by atoms with E-state index in [9.17, 15) is 4.79 Å². The summed E-state index contributed by atoms with van der Waals surface area (Å²) in [5, 5.41) is 9.14. The maximum absolute atomic E-state index is 12.7. The summed E-state index contributed by atoms with van der Waals surface area (Å²) in [4.78, 5) is 16.9. The quantitative estimate of drug-likeness (QED) is 0.833. The van der Waals surface area contributed by atoms with Crippen molar-refractivity contribution in [1.29, 1.82) is 5.26 Å². The van der Waals surface area contributed by atoms with Crippen molar-refractivity contribution in [2.24, 2.45) is 0 Å². The molecule has 1 atom stereocenters. The van der Waals surface area contributed by atoms with E-state index in [0.29, 0.717) is 24.4 Å². The summed E-state index contributed by atoms with van der Waals surface area (Å²) in [6.07, 6.45) is -0.606. The molecule has 1 heterocycles. The highest BCUT2D eigenvalue weighted by atomic mass is 16.5. The number of carbonyl (C=O) groups is 1. The highest BCUT2D eigenvalue weighted by Crippen LogP contribution is 2.19. The highest BCUT2D eigenvalue weighted by Gasteiger charge is 2.26. The molecule has 0 spiro atoms. The molecule has 0 saturated carbocycles. The minimum absolute atomic E-state index is 0.0305. The number of amides is 1. The fourth-order valence-electron chi connectivity index (χ4n) is 3.13. The fraction of sp³-hybridized carbons (Fsp3) is 0.333. The Bertz CT molecular complexity index is 777. The Hall–Kier alpha value is -2.84. The molecule has 3 rings (SSSR count). The maximum atomic E-state index is 12.7. The molecule has 1 aliphatic rings. The normalized spacial score (nSPS) is 15.9. The van der Waals surface area contributed by atoms with Crippen molar-refractivity contribution >= 4 is 5.91 Å². The summed E-state index contributed by atoms with van der Waals surface area (Å²) in [5.74, 6) is 0.427. The zero-order valence-corrected chi connectivity index (χ0v) is 15.0. The number of piperazine rings is 1. The lowest BCUT2D eigenvalue weighted by molar-refractivity contribution is -0.139. The van der Waals surface area contributed by atoms with Crippen LogP contribution in [0.3, 0.4) is 0 Å². The van der Waals surface area contributed by atoms with E-state index in [1.165, 1.54) is 5.56 Å². The van der Waals surface area contributed by atoms with Gasteiger partial charge in [0.1, 0.15) is 11.8 Å². The van der Waals surface area contributed by atoms with Crippen molar-refractivity contribution in [2.45, 2.75) is 19.6 Å². The van der Waals surface area contributed by atoms with E-state index in [-0.39, 0.29) is 5.91 Å². The Morgan fingerprint density at radius 3 is 2.42 bits per heavy atom. The number of nitrogens with zero attached hydrogens (tertiary/aromatic N) is 3. The first-order chi connectivity index (χ1) is 12.7. The maximum Gasteiger partial charge on any atom is 0.263 e. The monoisotopic (exact) mass is 349 g/mol. The molecule has 1 fully saturated rings. The van der Waals surface area contributed by atoms with E-state index in [1.807, 2.05) is 23.1 Å². The summed E-state index contributed by atoms with van der Waals surface area (Å²) < 4.78 is 5.75. The molecule has 0 radical (unpaired) electrons. The fourth-order valence-corrected chi connectivity index (χ4v) is 3.13. The number of nitriles is 1. The van der Waals surface area contributed by atoms with Gasteiger partial charge in [0.15, 0.2) is 6.10 Å². The van der Waals surface area contributed by atoms with Crippen molar-refractivity contribution in [3.8, 4) is 11.8 Å². The summed E-state index contributed by atoms with van der Waals surface area (Å²) in [5.41, 5.74) is 1.73.